The van der Waals surface area contributed by atoms with Gasteiger partial charge in [-0.3, -0.25) is 4.79 Å². The highest BCUT2D eigenvalue weighted by Crippen LogP contribution is 2.25. The first-order chi connectivity index (χ1) is 9.13. The standard InChI is InChI=1S/C13H15N3O3/c1-19-11-5-3-2-4-10(11)16-13(14)9(8-15-16)6-7-12(17)18/h2-5,8H,6-7,14H2,1H3,(H,17,18). The van der Waals surface area contributed by atoms with Gasteiger partial charge >= 0.3 is 5.97 Å². The molecular formula is C13H15N3O3. The lowest BCUT2D eigenvalue weighted by molar-refractivity contribution is -0.136. The number of carboxylic acids is 1. The fourth-order valence-corrected chi connectivity index (χ4v) is 1.82. The van der Waals surface area contributed by atoms with Gasteiger partial charge in [0, 0.05) is 12.0 Å². The molecule has 0 saturated heterocycles. The quantitative estimate of drug-likeness (QED) is 0.850. The molecule has 0 saturated carbocycles. The number of rotatable bonds is 5. The zero-order chi connectivity index (χ0) is 13.8. The van der Waals surface area contributed by atoms with Crippen molar-refractivity contribution in [1.29, 1.82) is 0 Å². The number of methoxy groups -OCH3 is 1. The first-order valence-electron chi connectivity index (χ1n) is 5.81. The Hall–Kier alpha value is -2.50. The van der Waals surface area contributed by atoms with Crippen molar-refractivity contribution in [3.63, 3.8) is 0 Å². The molecule has 1 aromatic carbocycles. The number of benzene rings is 1. The van der Waals surface area contributed by atoms with Gasteiger partial charge in [-0.15, -0.1) is 0 Å². The SMILES string of the molecule is COc1ccccc1-n1ncc(CCC(=O)O)c1N. The monoisotopic (exact) mass is 261 g/mol. The topological polar surface area (TPSA) is 90.4 Å². The van der Waals surface area contributed by atoms with Crippen LogP contribution in [0.1, 0.15) is 12.0 Å². The predicted octanol–water partition coefficient (Wildman–Crippen LogP) is 1.48. The molecule has 0 spiro atoms. The fourth-order valence-electron chi connectivity index (χ4n) is 1.82. The van der Waals surface area contributed by atoms with Crippen LogP contribution >= 0.6 is 0 Å². The molecule has 0 amide bonds. The lowest BCUT2D eigenvalue weighted by atomic mass is 10.2. The molecule has 6 nitrogen and oxygen atoms in total. The van der Waals surface area contributed by atoms with Gasteiger partial charge < -0.3 is 15.6 Å². The molecule has 2 aromatic rings. The summed E-state index contributed by atoms with van der Waals surface area (Å²) in [5.74, 6) is 0.234. The third-order valence-electron chi connectivity index (χ3n) is 2.81. The van der Waals surface area contributed by atoms with E-state index >= 15 is 0 Å². The van der Waals surface area contributed by atoms with Gasteiger partial charge in [0.05, 0.1) is 13.3 Å². The molecule has 0 fully saturated rings. The molecule has 0 radical (unpaired) electrons. The molecule has 2 rings (SSSR count). The lowest BCUT2D eigenvalue weighted by Gasteiger charge is -2.09. The average Bonchev–Trinajstić information content (AvgIpc) is 2.77. The lowest BCUT2D eigenvalue weighted by Crippen LogP contribution is -2.05. The highest BCUT2D eigenvalue weighted by molar-refractivity contribution is 5.67. The number of aromatic nitrogens is 2. The Morgan fingerprint density at radius 1 is 1.47 bits per heavy atom. The summed E-state index contributed by atoms with van der Waals surface area (Å²) in [5, 5.41) is 12.9. The number of para-hydroxylation sites is 2. The molecule has 1 heterocycles. The summed E-state index contributed by atoms with van der Waals surface area (Å²) in [6.07, 6.45) is 1.98. The van der Waals surface area contributed by atoms with Crippen LogP contribution in [0.5, 0.6) is 5.75 Å². The summed E-state index contributed by atoms with van der Waals surface area (Å²) >= 11 is 0. The smallest absolute Gasteiger partial charge is 0.303 e. The first kappa shape index (κ1) is 12.9. The fraction of sp³-hybridized carbons (Fsp3) is 0.231. The van der Waals surface area contributed by atoms with E-state index in [0.29, 0.717) is 23.6 Å². The molecule has 1 aromatic heterocycles. The van der Waals surface area contributed by atoms with Gasteiger partial charge in [0.25, 0.3) is 0 Å². The van der Waals surface area contributed by atoms with E-state index in [-0.39, 0.29) is 6.42 Å². The largest absolute Gasteiger partial charge is 0.494 e. The first-order valence-corrected chi connectivity index (χ1v) is 5.81. The zero-order valence-electron chi connectivity index (χ0n) is 10.5. The maximum absolute atomic E-state index is 10.6. The van der Waals surface area contributed by atoms with Crippen LogP contribution in [0.2, 0.25) is 0 Å². The van der Waals surface area contributed by atoms with Crippen molar-refractivity contribution in [3.05, 3.63) is 36.0 Å². The molecule has 19 heavy (non-hydrogen) atoms. The summed E-state index contributed by atoms with van der Waals surface area (Å²) in [6, 6.07) is 7.36. The van der Waals surface area contributed by atoms with E-state index in [9.17, 15) is 4.79 Å². The second-order valence-corrected chi connectivity index (χ2v) is 4.03. The number of ether oxygens (including phenoxy) is 1. The molecule has 3 N–H and O–H groups in total. The number of anilines is 1. The summed E-state index contributed by atoms with van der Waals surface area (Å²) in [5.41, 5.74) is 7.44. The van der Waals surface area contributed by atoms with Crippen molar-refractivity contribution in [2.45, 2.75) is 12.8 Å². The van der Waals surface area contributed by atoms with Gasteiger partial charge in [-0.2, -0.15) is 5.10 Å². The Morgan fingerprint density at radius 2 is 2.21 bits per heavy atom. The Kier molecular flexibility index (Phi) is 3.70. The highest BCUT2D eigenvalue weighted by atomic mass is 16.5. The third-order valence-corrected chi connectivity index (χ3v) is 2.81. The van der Waals surface area contributed by atoms with Crippen molar-refractivity contribution in [2.24, 2.45) is 0 Å². The number of carbonyl (C=O) groups is 1. The Bertz CT molecular complexity index is 593. The Labute approximate surface area is 110 Å². The van der Waals surface area contributed by atoms with Crippen LogP contribution in [0.4, 0.5) is 5.82 Å². The van der Waals surface area contributed by atoms with Gasteiger partial charge in [0.1, 0.15) is 17.3 Å². The number of aliphatic carboxylic acids is 1. The number of nitrogens with zero attached hydrogens (tertiary/aromatic N) is 2. The minimum atomic E-state index is -0.857. The van der Waals surface area contributed by atoms with E-state index in [1.165, 1.54) is 0 Å². The number of hydrogen-bond acceptors (Lipinski definition) is 4. The van der Waals surface area contributed by atoms with Crippen LogP contribution in [-0.2, 0) is 11.2 Å². The van der Waals surface area contributed by atoms with Crippen molar-refractivity contribution in [2.75, 3.05) is 12.8 Å². The predicted molar refractivity (Wildman–Crippen MR) is 70.5 cm³/mol. The summed E-state index contributed by atoms with van der Waals surface area (Å²) in [6.45, 7) is 0. The molecule has 0 unspecified atom stereocenters. The Morgan fingerprint density at radius 3 is 2.89 bits per heavy atom. The van der Waals surface area contributed by atoms with Gasteiger partial charge in [0.15, 0.2) is 0 Å². The average molecular weight is 261 g/mol. The van der Waals surface area contributed by atoms with Crippen LogP contribution in [-0.4, -0.2) is 28.0 Å². The normalized spacial score (nSPS) is 10.4. The number of aryl methyl sites for hydroxylation is 1. The van der Waals surface area contributed by atoms with Gasteiger partial charge in [-0.25, -0.2) is 4.68 Å². The van der Waals surface area contributed by atoms with Crippen LogP contribution < -0.4 is 10.5 Å². The van der Waals surface area contributed by atoms with E-state index in [4.69, 9.17) is 15.6 Å². The minimum absolute atomic E-state index is 0.0296. The number of nitrogen functional groups attached to an aromatic ring is 1. The second kappa shape index (κ2) is 5.43. The number of carboxylic acid groups (broad SMARTS) is 1. The van der Waals surface area contributed by atoms with E-state index in [1.54, 1.807) is 18.0 Å². The van der Waals surface area contributed by atoms with E-state index in [2.05, 4.69) is 5.10 Å². The molecule has 6 heteroatoms. The minimum Gasteiger partial charge on any atom is -0.494 e. The summed E-state index contributed by atoms with van der Waals surface area (Å²) in [7, 11) is 1.57. The highest BCUT2D eigenvalue weighted by Gasteiger charge is 2.13. The van der Waals surface area contributed by atoms with Crippen molar-refractivity contribution in [1.82, 2.24) is 9.78 Å². The second-order valence-electron chi connectivity index (χ2n) is 4.03. The maximum Gasteiger partial charge on any atom is 0.303 e. The van der Waals surface area contributed by atoms with Gasteiger partial charge in [-0.05, 0) is 18.6 Å². The molecule has 100 valence electrons. The number of nitrogens with two attached hydrogens (primary N) is 1. The van der Waals surface area contributed by atoms with Crippen LogP contribution in [0, 0.1) is 0 Å². The zero-order valence-corrected chi connectivity index (χ0v) is 10.5. The summed E-state index contributed by atoms with van der Waals surface area (Å²) < 4.78 is 6.80. The molecule has 0 aliphatic heterocycles. The van der Waals surface area contributed by atoms with E-state index in [1.807, 2.05) is 24.3 Å². The van der Waals surface area contributed by atoms with Crippen molar-refractivity contribution < 1.29 is 14.6 Å². The number of hydrogen-bond donors (Lipinski definition) is 2. The van der Waals surface area contributed by atoms with Crippen molar-refractivity contribution in [3.8, 4) is 11.4 Å². The van der Waals surface area contributed by atoms with Crippen LogP contribution in [0.25, 0.3) is 5.69 Å². The van der Waals surface area contributed by atoms with Crippen LogP contribution in [0.15, 0.2) is 30.5 Å². The van der Waals surface area contributed by atoms with E-state index < -0.39 is 5.97 Å². The third kappa shape index (κ3) is 2.67. The van der Waals surface area contributed by atoms with Gasteiger partial charge in [0.2, 0.25) is 0 Å². The molecular weight excluding hydrogens is 246 g/mol. The molecule has 0 bridgehead atoms. The molecule has 0 aliphatic carbocycles. The van der Waals surface area contributed by atoms with Gasteiger partial charge in [-0.1, -0.05) is 12.1 Å². The molecule has 0 atom stereocenters. The van der Waals surface area contributed by atoms with Crippen molar-refractivity contribution >= 4 is 11.8 Å². The maximum atomic E-state index is 10.6. The van der Waals surface area contributed by atoms with Crippen LogP contribution in [0.3, 0.4) is 0 Å². The Balaban J connectivity index is 2.33. The van der Waals surface area contributed by atoms with E-state index in [0.717, 1.165) is 5.69 Å². The summed E-state index contributed by atoms with van der Waals surface area (Å²) in [4.78, 5) is 10.6. The molecule has 0 aliphatic rings.